The average Bonchev–Trinajstić information content (AvgIpc) is 3.44. The summed E-state index contributed by atoms with van der Waals surface area (Å²) in [7, 11) is 0. The van der Waals surface area contributed by atoms with E-state index in [1.807, 2.05) is 36.4 Å². The van der Waals surface area contributed by atoms with E-state index in [1.165, 1.54) is 4.80 Å². The van der Waals surface area contributed by atoms with E-state index >= 15 is 0 Å². The van der Waals surface area contributed by atoms with E-state index in [9.17, 15) is 8.78 Å². The monoisotopic (exact) mass is 405 g/mol. The molecule has 0 fully saturated rings. The molecule has 0 aliphatic rings. The third-order valence-corrected chi connectivity index (χ3v) is 4.50. The van der Waals surface area contributed by atoms with Crippen LogP contribution in [0.1, 0.15) is 17.9 Å². The van der Waals surface area contributed by atoms with Gasteiger partial charge in [-0.15, -0.1) is 20.4 Å². The molecule has 148 valence electrons. The van der Waals surface area contributed by atoms with Crippen LogP contribution in [0.2, 0.25) is 0 Å². The van der Waals surface area contributed by atoms with Gasteiger partial charge in [0.2, 0.25) is 11.7 Å². The van der Waals surface area contributed by atoms with Crippen molar-refractivity contribution in [2.75, 3.05) is 0 Å². The summed E-state index contributed by atoms with van der Waals surface area (Å²) in [5.74, 6) is -0.135. The molecule has 0 atom stereocenters. The normalized spacial score (nSPS) is 11.4. The van der Waals surface area contributed by atoms with E-state index in [0.29, 0.717) is 17.9 Å². The van der Waals surface area contributed by atoms with E-state index in [-0.39, 0.29) is 5.89 Å². The Kier molecular flexibility index (Phi) is 4.43. The van der Waals surface area contributed by atoms with Crippen molar-refractivity contribution in [3.05, 3.63) is 72.4 Å². The summed E-state index contributed by atoms with van der Waals surface area (Å²) >= 11 is 0. The number of aromatic nitrogens is 7. The van der Waals surface area contributed by atoms with E-state index in [4.69, 9.17) is 4.42 Å². The van der Waals surface area contributed by atoms with Crippen LogP contribution in [-0.4, -0.2) is 35.4 Å². The van der Waals surface area contributed by atoms with Crippen molar-refractivity contribution in [3.63, 3.8) is 0 Å². The smallest absolute Gasteiger partial charge is 0.314 e. The van der Waals surface area contributed by atoms with Crippen molar-refractivity contribution in [2.24, 2.45) is 0 Å². The molecule has 2 aromatic carbocycles. The van der Waals surface area contributed by atoms with Crippen LogP contribution < -0.4 is 0 Å². The van der Waals surface area contributed by atoms with Crippen LogP contribution in [-0.2, 0) is 6.54 Å². The highest BCUT2D eigenvalue weighted by atomic mass is 19.3. The fraction of sp³-hybridized carbons (Fsp3) is 0.100. The van der Waals surface area contributed by atoms with Crippen molar-refractivity contribution in [3.8, 4) is 22.8 Å². The SMILES string of the molecule is FC(F)c1nnc(-c2ccc(Cn3nnc(-c4ccc5ccncc5c4)n3)cc2)o1. The van der Waals surface area contributed by atoms with Gasteiger partial charge in [0.25, 0.3) is 5.89 Å². The highest BCUT2D eigenvalue weighted by Gasteiger charge is 2.17. The Labute approximate surface area is 168 Å². The largest absolute Gasteiger partial charge is 0.415 e. The Bertz CT molecular complexity index is 1310. The number of nitrogens with zero attached hydrogens (tertiary/aromatic N) is 7. The number of benzene rings is 2. The highest BCUT2D eigenvalue weighted by Crippen LogP contribution is 2.24. The van der Waals surface area contributed by atoms with Crippen molar-refractivity contribution in [1.29, 1.82) is 0 Å². The molecule has 0 saturated heterocycles. The number of hydrogen-bond donors (Lipinski definition) is 0. The van der Waals surface area contributed by atoms with E-state index in [0.717, 1.165) is 21.9 Å². The lowest BCUT2D eigenvalue weighted by Gasteiger charge is -2.01. The number of tetrazole rings is 1. The number of alkyl halides is 2. The standard InChI is InChI=1S/C20H13F2N7O/c21-17(22)20-26-25-19(30-20)14-3-1-12(2-4-14)11-29-27-18(24-28-29)15-6-5-13-7-8-23-10-16(13)9-15/h1-10,17H,11H2. The minimum Gasteiger partial charge on any atom is -0.415 e. The molecular weight excluding hydrogens is 392 g/mol. The van der Waals surface area contributed by atoms with Gasteiger partial charge in [0.05, 0.1) is 6.54 Å². The van der Waals surface area contributed by atoms with Crippen LogP contribution in [0.15, 0.2) is 65.3 Å². The molecule has 0 unspecified atom stereocenters. The van der Waals surface area contributed by atoms with Crippen LogP contribution in [0, 0.1) is 0 Å². The fourth-order valence-corrected chi connectivity index (χ4v) is 3.01. The molecule has 3 heterocycles. The Morgan fingerprint density at radius 3 is 2.53 bits per heavy atom. The van der Waals surface area contributed by atoms with Gasteiger partial charge in [-0.1, -0.05) is 24.3 Å². The molecule has 8 nitrogen and oxygen atoms in total. The first kappa shape index (κ1) is 18.0. The molecule has 0 aliphatic carbocycles. The van der Waals surface area contributed by atoms with Gasteiger partial charge in [0, 0.05) is 28.9 Å². The van der Waals surface area contributed by atoms with Crippen molar-refractivity contribution >= 4 is 10.8 Å². The van der Waals surface area contributed by atoms with Crippen LogP contribution in [0.25, 0.3) is 33.6 Å². The minimum atomic E-state index is -2.79. The first-order chi connectivity index (χ1) is 14.7. The molecular formula is C20H13F2N7O. The number of halogens is 2. The van der Waals surface area contributed by atoms with Gasteiger partial charge in [-0.3, -0.25) is 4.98 Å². The Hall–Kier alpha value is -4.08. The Morgan fingerprint density at radius 1 is 0.900 bits per heavy atom. The number of rotatable bonds is 5. The summed E-state index contributed by atoms with van der Waals surface area (Å²) in [5.41, 5.74) is 2.30. The molecule has 0 bridgehead atoms. The first-order valence-corrected chi connectivity index (χ1v) is 8.98. The zero-order chi connectivity index (χ0) is 20.5. The number of pyridine rings is 1. The summed E-state index contributed by atoms with van der Waals surface area (Å²) in [6.07, 6.45) is 0.744. The van der Waals surface area contributed by atoms with Crippen LogP contribution in [0.5, 0.6) is 0 Å². The molecule has 10 heteroatoms. The predicted octanol–water partition coefficient (Wildman–Crippen LogP) is 3.92. The summed E-state index contributed by atoms with van der Waals surface area (Å²) < 4.78 is 30.1. The van der Waals surface area contributed by atoms with Crippen molar-refractivity contribution < 1.29 is 13.2 Å². The quantitative estimate of drug-likeness (QED) is 0.437. The van der Waals surface area contributed by atoms with E-state index in [1.54, 1.807) is 24.5 Å². The maximum Gasteiger partial charge on any atom is 0.314 e. The summed E-state index contributed by atoms with van der Waals surface area (Å²) in [5, 5.41) is 21.7. The molecule has 0 radical (unpaired) electrons. The van der Waals surface area contributed by atoms with Crippen molar-refractivity contribution in [1.82, 2.24) is 35.4 Å². The minimum absolute atomic E-state index is 0.0452. The molecule has 0 saturated carbocycles. The second kappa shape index (κ2) is 7.39. The third-order valence-electron chi connectivity index (χ3n) is 4.50. The summed E-state index contributed by atoms with van der Waals surface area (Å²) in [6.45, 7) is 0.397. The van der Waals surface area contributed by atoms with Gasteiger partial charge in [-0.25, -0.2) is 0 Å². The number of hydrogen-bond acceptors (Lipinski definition) is 7. The van der Waals surface area contributed by atoms with Crippen molar-refractivity contribution in [2.45, 2.75) is 13.0 Å². The average molecular weight is 405 g/mol. The molecule has 5 rings (SSSR count). The van der Waals surface area contributed by atoms with E-state index < -0.39 is 12.3 Å². The highest BCUT2D eigenvalue weighted by molar-refractivity contribution is 5.85. The second-order valence-electron chi connectivity index (χ2n) is 6.52. The lowest BCUT2D eigenvalue weighted by atomic mass is 10.1. The van der Waals surface area contributed by atoms with Gasteiger partial charge in [0.15, 0.2) is 0 Å². The summed E-state index contributed by atoms with van der Waals surface area (Å²) in [4.78, 5) is 5.62. The molecule has 3 aromatic heterocycles. The van der Waals surface area contributed by atoms with Gasteiger partial charge in [0.1, 0.15) is 0 Å². The Morgan fingerprint density at radius 2 is 1.73 bits per heavy atom. The predicted molar refractivity (Wildman–Crippen MR) is 102 cm³/mol. The van der Waals surface area contributed by atoms with Gasteiger partial charge >= 0.3 is 6.43 Å². The zero-order valence-corrected chi connectivity index (χ0v) is 15.4. The summed E-state index contributed by atoms with van der Waals surface area (Å²) in [6, 6.07) is 14.9. The number of fused-ring (bicyclic) bond motifs is 1. The molecule has 5 aromatic rings. The van der Waals surface area contributed by atoms with Crippen LogP contribution in [0.4, 0.5) is 8.78 Å². The maximum atomic E-state index is 12.6. The molecule has 0 amide bonds. The first-order valence-electron chi connectivity index (χ1n) is 8.98. The van der Waals surface area contributed by atoms with Gasteiger partial charge < -0.3 is 4.42 Å². The molecule has 30 heavy (non-hydrogen) atoms. The lowest BCUT2D eigenvalue weighted by molar-refractivity contribution is 0.116. The van der Waals surface area contributed by atoms with E-state index in [2.05, 4.69) is 30.6 Å². The Balaban J connectivity index is 1.33. The maximum absolute atomic E-state index is 12.6. The molecule has 0 spiro atoms. The van der Waals surface area contributed by atoms with Crippen LogP contribution >= 0.6 is 0 Å². The van der Waals surface area contributed by atoms with Gasteiger partial charge in [-0.05, 0) is 40.4 Å². The molecule has 0 N–H and O–H groups in total. The third kappa shape index (κ3) is 3.50. The van der Waals surface area contributed by atoms with Crippen LogP contribution in [0.3, 0.4) is 0 Å². The molecule has 0 aliphatic heterocycles. The topological polar surface area (TPSA) is 95.4 Å². The lowest BCUT2D eigenvalue weighted by Crippen LogP contribution is -2.03. The fourth-order valence-electron chi connectivity index (χ4n) is 3.01. The second-order valence-corrected chi connectivity index (χ2v) is 6.52. The zero-order valence-electron chi connectivity index (χ0n) is 15.4. The van der Waals surface area contributed by atoms with Gasteiger partial charge in [-0.2, -0.15) is 13.6 Å².